The van der Waals surface area contributed by atoms with E-state index in [-0.39, 0.29) is 0 Å². The summed E-state index contributed by atoms with van der Waals surface area (Å²) in [5.74, 6) is -1.000. The first-order chi connectivity index (χ1) is 11.5. The minimum atomic E-state index is -1.31. The number of hydrogen-bond acceptors (Lipinski definition) is 3. The molecule has 1 aromatic heterocycles. The van der Waals surface area contributed by atoms with E-state index in [9.17, 15) is 9.90 Å². The average molecular weight is 324 g/mol. The van der Waals surface area contributed by atoms with Gasteiger partial charge in [0.1, 0.15) is 6.10 Å². The fourth-order valence-electron chi connectivity index (χ4n) is 2.66. The molecule has 5 heteroatoms. The quantitative estimate of drug-likeness (QED) is 0.724. The molecule has 3 aromatic rings. The van der Waals surface area contributed by atoms with Crippen LogP contribution in [0.5, 0.6) is 0 Å². The molecule has 0 saturated heterocycles. The molecular weight excluding hydrogens is 304 g/mol. The number of aromatic nitrogens is 2. The third-order valence-electron chi connectivity index (χ3n) is 4.02. The van der Waals surface area contributed by atoms with Gasteiger partial charge in [0.2, 0.25) is 0 Å². The van der Waals surface area contributed by atoms with E-state index >= 15 is 0 Å². The molecule has 2 aromatic carbocycles. The van der Waals surface area contributed by atoms with E-state index in [1.165, 1.54) is 0 Å². The van der Waals surface area contributed by atoms with Crippen LogP contribution in [-0.2, 0) is 16.0 Å². The molecule has 24 heavy (non-hydrogen) atoms. The molecular formula is C19H20N2O3. The summed E-state index contributed by atoms with van der Waals surface area (Å²) in [6.07, 6.45) is 0.0847. The minimum absolute atomic E-state index is 0.463. The number of carboxylic acid groups (broad SMARTS) is 1. The maximum atomic E-state index is 11.5. The summed E-state index contributed by atoms with van der Waals surface area (Å²) >= 11 is 0. The van der Waals surface area contributed by atoms with Crippen LogP contribution in [-0.4, -0.2) is 26.9 Å². The number of rotatable bonds is 6. The standard InChI is InChI=1S/C19H20N2O3/c1-19(2,18(22)23)24-16(12-13-8-4-3-5-9-13)17-14-10-6-7-11-15(14)20-21-17/h3-11,16H,12H2,1-2H3,(H,20,21)(H,22,23). The molecule has 1 unspecified atom stereocenters. The molecule has 1 heterocycles. The van der Waals surface area contributed by atoms with Gasteiger partial charge in [-0.05, 0) is 25.5 Å². The van der Waals surface area contributed by atoms with Gasteiger partial charge in [-0.1, -0.05) is 48.5 Å². The summed E-state index contributed by atoms with van der Waals surface area (Å²) in [6, 6.07) is 17.6. The maximum Gasteiger partial charge on any atom is 0.335 e. The number of benzene rings is 2. The smallest absolute Gasteiger partial charge is 0.335 e. The minimum Gasteiger partial charge on any atom is -0.479 e. The lowest BCUT2D eigenvalue weighted by atomic mass is 10.0. The highest BCUT2D eigenvalue weighted by atomic mass is 16.5. The fraction of sp³-hybridized carbons (Fsp3) is 0.263. The van der Waals surface area contributed by atoms with Gasteiger partial charge in [0, 0.05) is 11.8 Å². The van der Waals surface area contributed by atoms with Crippen LogP contribution in [0.1, 0.15) is 31.2 Å². The second-order valence-corrected chi connectivity index (χ2v) is 6.27. The molecule has 0 bridgehead atoms. The van der Waals surface area contributed by atoms with Gasteiger partial charge >= 0.3 is 5.97 Å². The first kappa shape index (κ1) is 16.2. The third kappa shape index (κ3) is 3.31. The van der Waals surface area contributed by atoms with Gasteiger partial charge in [-0.15, -0.1) is 0 Å². The lowest BCUT2D eigenvalue weighted by Gasteiger charge is -2.27. The predicted octanol–water partition coefficient (Wildman–Crippen LogP) is 3.73. The van der Waals surface area contributed by atoms with E-state index in [0.717, 1.165) is 22.2 Å². The number of nitrogens with zero attached hydrogens (tertiary/aromatic N) is 1. The van der Waals surface area contributed by atoms with E-state index in [1.54, 1.807) is 13.8 Å². The van der Waals surface area contributed by atoms with Gasteiger partial charge in [0.25, 0.3) is 0 Å². The Balaban J connectivity index is 1.99. The van der Waals surface area contributed by atoms with Crippen LogP contribution < -0.4 is 0 Å². The highest BCUT2D eigenvalue weighted by Crippen LogP contribution is 2.31. The van der Waals surface area contributed by atoms with E-state index in [2.05, 4.69) is 10.2 Å². The summed E-state index contributed by atoms with van der Waals surface area (Å²) in [6.45, 7) is 3.12. The lowest BCUT2D eigenvalue weighted by Crippen LogP contribution is -2.36. The van der Waals surface area contributed by atoms with Gasteiger partial charge in [0.15, 0.2) is 5.60 Å². The molecule has 5 nitrogen and oxygen atoms in total. The number of hydrogen-bond donors (Lipinski definition) is 2. The molecule has 3 rings (SSSR count). The van der Waals surface area contributed by atoms with Gasteiger partial charge in [-0.3, -0.25) is 5.10 Å². The van der Waals surface area contributed by atoms with Crippen molar-refractivity contribution in [3.63, 3.8) is 0 Å². The van der Waals surface area contributed by atoms with Crippen LogP contribution in [0.25, 0.3) is 10.9 Å². The Bertz CT molecular complexity index is 840. The monoisotopic (exact) mass is 324 g/mol. The zero-order chi connectivity index (χ0) is 17.2. The topological polar surface area (TPSA) is 75.2 Å². The average Bonchev–Trinajstić information content (AvgIpc) is 2.99. The predicted molar refractivity (Wildman–Crippen MR) is 91.8 cm³/mol. The Morgan fingerprint density at radius 1 is 1.17 bits per heavy atom. The summed E-state index contributed by atoms with van der Waals surface area (Å²) < 4.78 is 5.97. The van der Waals surface area contributed by atoms with Gasteiger partial charge in [0.05, 0.1) is 11.2 Å². The zero-order valence-electron chi connectivity index (χ0n) is 13.7. The number of nitrogens with one attached hydrogen (secondary N) is 1. The van der Waals surface area contributed by atoms with E-state index in [1.807, 2.05) is 54.6 Å². The zero-order valence-corrected chi connectivity index (χ0v) is 13.7. The van der Waals surface area contributed by atoms with Crippen molar-refractivity contribution in [2.75, 3.05) is 0 Å². The van der Waals surface area contributed by atoms with E-state index in [0.29, 0.717) is 6.42 Å². The second-order valence-electron chi connectivity index (χ2n) is 6.27. The van der Waals surface area contributed by atoms with Crippen molar-refractivity contribution in [3.05, 3.63) is 65.9 Å². The van der Waals surface area contributed by atoms with Crippen LogP contribution in [0.2, 0.25) is 0 Å². The lowest BCUT2D eigenvalue weighted by molar-refractivity contribution is -0.168. The number of aliphatic carboxylic acids is 1. The largest absolute Gasteiger partial charge is 0.479 e. The van der Waals surface area contributed by atoms with Gasteiger partial charge in [-0.25, -0.2) is 4.79 Å². The molecule has 0 fully saturated rings. The summed E-state index contributed by atoms with van der Waals surface area (Å²) in [4.78, 5) is 11.5. The number of ether oxygens (including phenoxy) is 1. The number of para-hydroxylation sites is 1. The van der Waals surface area contributed by atoms with Crippen LogP contribution in [0, 0.1) is 0 Å². The Morgan fingerprint density at radius 2 is 1.83 bits per heavy atom. The molecule has 0 saturated carbocycles. The Kier molecular flexibility index (Phi) is 4.36. The molecule has 1 atom stereocenters. The van der Waals surface area contributed by atoms with E-state index in [4.69, 9.17) is 4.74 Å². The van der Waals surface area contributed by atoms with Crippen molar-refractivity contribution in [1.29, 1.82) is 0 Å². The molecule has 2 N–H and O–H groups in total. The second kappa shape index (κ2) is 6.45. The Morgan fingerprint density at radius 3 is 2.54 bits per heavy atom. The number of H-pyrrole nitrogens is 1. The molecule has 0 aliphatic carbocycles. The van der Waals surface area contributed by atoms with Crippen molar-refractivity contribution in [2.24, 2.45) is 0 Å². The molecule has 0 aliphatic rings. The summed E-state index contributed by atoms with van der Waals surface area (Å²) in [5, 5.41) is 17.7. The van der Waals surface area contributed by atoms with Crippen molar-refractivity contribution in [2.45, 2.75) is 32.0 Å². The van der Waals surface area contributed by atoms with Gasteiger partial charge < -0.3 is 9.84 Å². The Hall–Kier alpha value is -2.66. The summed E-state index contributed by atoms with van der Waals surface area (Å²) in [7, 11) is 0. The third-order valence-corrected chi connectivity index (χ3v) is 4.02. The van der Waals surface area contributed by atoms with Crippen molar-refractivity contribution in [1.82, 2.24) is 10.2 Å². The van der Waals surface area contributed by atoms with E-state index < -0.39 is 17.7 Å². The normalized spacial score (nSPS) is 13.1. The molecule has 0 spiro atoms. The van der Waals surface area contributed by atoms with Crippen LogP contribution >= 0.6 is 0 Å². The van der Waals surface area contributed by atoms with Crippen molar-refractivity contribution >= 4 is 16.9 Å². The SMILES string of the molecule is CC(C)(OC(Cc1ccccc1)c1n[nH]c2ccccc12)C(=O)O. The van der Waals surface area contributed by atoms with Crippen LogP contribution in [0.4, 0.5) is 0 Å². The first-order valence-electron chi connectivity index (χ1n) is 7.85. The van der Waals surface area contributed by atoms with Crippen molar-refractivity contribution in [3.8, 4) is 0 Å². The van der Waals surface area contributed by atoms with Crippen molar-refractivity contribution < 1.29 is 14.6 Å². The maximum absolute atomic E-state index is 11.5. The Labute approximate surface area is 140 Å². The van der Waals surface area contributed by atoms with Gasteiger partial charge in [-0.2, -0.15) is 5.10 Å². The number of carboxylic acids is 1. The van der Waals surface area contributed by atoms with Crippen LogP contribution in [0.15, 0.2) is 54.6 Å². The number of fused-ring (bicyclic) bond motifs is 1. The molecule has 0 aliphatic heterocycles. The molecule has 0 radical (unpaired) electrons. The highest BCUT2D eigenvalue weighted by Gasteiger charge is 2.33. The fourth-order valence-corrected chi connectivity index (χ4v) is 2.66. The highest BCUT2D eigenvalue weighted by molar-refractivity contribution is 5.81. The number of aromatic amines is 1. The summed E-state index contributed by atoms with van der Waals surface area (Å²) in [5.41, 5.74) is 1.39. The molecule has 124 valence electrons. The molecule has 0 amide bonds. The first-order valence-corrected chi connectivity index (χ1v) is 7.85. The van der Waals surface area contributed by atoms with Crippen LogP contribution in [0.3, 0.4) is 0 Å². The number of carbonyl (C=O) groups is 1.